The van der Waals surface area contributed by atoms with Crippen LogP contribution in [0, 0.1) is 5.92 Å². The lowest BCUT2D eigenvalue weighted by molar-refractivity contribution is -0.132. The molecule has 8 nitrogen and oxygen atoms in total. The van der Waals surface area contributed by atoms with E-state index in [4.69, 9.17) is 4.74 Å². The second kappa shape index (κ2) is 9.16. The number of ketones is 1. The molecule has 4 rings (SSSR count). The highest BCUT2D eigenvalue weighted by atomic mass is 16.5. The summed E-state index contributed by atoms with van der Waals surface area (Å²) in [5.41, 5.74) is 1.02. The van der Waals surface area contributed by atoms with Crippen molar-refractivity contribution in [1.82, 2.24) is 19.5 Å². The summed E-state index contributed by atoms with van der Waals surface area (Å²) in [4.78, 5) is 41.9. The number of amides is 1. The van der Waals surface area contributed by atoms with E-state index in [0.717, 1.165) is 5.75 Å². The fraction of sp³-hybridized carbons (Fsp3) is 0.391. The molecule has 0 spiro atoms. The lowest BCUT2D eigenvalue weighted by Gasteiger charge is -2.31. The van der Waals surface area contributed by atoms with Crippen LogP contribution in [0.3, 0.4) is 0 Å². The number of aromatic nitrogens is 3. The Balaban J connectivity index is 1.25. The summed E-state index contributed by atoms with van der Waals surface area (Å²) in [6.07, 6.45) is 4.62. The monoisotopic (exact) mass is 422 g/mol. The molecule has 1 aromatic carbocycles. The van der Waals surface area contributed by atoms with Gasteiger partial charge < -0.3 is 14.6 Å². The Bertz CT molecular complexity index is 1120. The quantitative estimate of drug-likeness (QED) is 0.590. The molecule has 1 saturated heterocycles. The Morgan fingerprint density at radius 3 is 2.61 bits per heavy atom. The van der Waals surface area contributed by atoms with Gasteiger partial charge in [-0.3, -0.25) is 14.4 Å². The van der Waals surface area contributed by atoms with Crippen LogP contribution >= 0.6 is 0 Å². The summed E-state index contributed by atoms with van der Waals surface area (Å²) in [5.74, 6) is 1.46. The van der Waals surface area contributed by atoms with Crippen LogP contribution < -0.4 is 10.3 Å². The molecule has 0 atom stereocenters. The van der Waals surface area contributed by atoms with Crippen LogP contribution in [0.1, 0.15) is 41.9 Å². The Morgan fingerprint density at radius 2 is 1.90 bits per heavy atom. The van der Waals surface area contributed by atoms with Gasteiger partial charge in [0.05, 0.1) is 7.11 Å². The molecule has 162 valence electrons. The number of piperidine rings is 1. The molecule has 1 aliphatic heterocycles. The van der Waals surface area contributed by atoms with Gasteiger partial charge in [0.2, 0.25) is 5.91 Å². The number of methoxy groups -OCH3 is 1. The Kier molecular flexibility index (Phi) is 6.16. The minimum absolute atomic E-state index is 0.0555. The molecule has 1 aliphatic rings. The molecule has 1 amide bonds. The number of H-pyrrole nitrogens is 1. The average molecular weight is 422 g/mol. The number of aromatic amines is 1. The van der Waals surface area contributed by atoms with E-state index < -0.39 is 0 Å². The fourth-order valence-corrected chi connectivity index (χ4v) is 4.05. The summed E-state index contributed by atoms with van der Waals surface area (Å²) >= 11 is 0. The number of ether oxygens (including phenoxy) is 1. The van der Waals surface area contributed by atoms with Gasteiger partial charge in [-0.25, -0.2) is 4.52 Å². The molecule has 0 saturated carbocycles. The minimum atomic E-state index is -0.176. The minimum Gasteiger partial charge on any atom is -0.497 e. The lowest BCUT2D eigenvalue weighted by Crippen LogP contribution is -2.40. The molecule has 31 heavy (non-hydrogen) atoms. The van der Waals surface area contributed by atoms with E-state index in [9.17, 15) is 14.4 Å². The van der Waals surface area contributed by atoms with Gasteiger partial charge in [0.15, 0.2) is 5.78 Å². The standard InChI is InChI=1S/C23H26N4O4/c1-31-18-9-7-16(8-10-18)22(29)17-11-14-26(15-12-17)21(28)6-2-5-20-24-23(30)19-4-3-13-27(19)25-20/h3-4,7-10,13,17H,2,5-6,11-12,14-15H2,1H3,(H,24,25,30). The highest BCUT2D eigenvalue weighted by Gasteiger charge is 2.27. The first-order valence-electron chi connectivity index (χ1n) is 10.6. The van der Waals surface area contributed by atoms with Crippen molar-refractivity contribution in [3.63, 3.8) is 0 Å². The molecule has 3 aromatic rings. The maximum absolute atomic E-state index is 12.7. The lowest BCUT2D eigenvalue weighted by atomic mass is 9.88. The van der Waals surface area contributed by atoms with Gasteiger partial charge in [-0.15, -0.1) is 0 Å². The molecule has 0 radical (unpaired) electrons. The van der Waals surface area contributed by atoms with Crippen molar-refractivity contribution >= 4 is 17.2 Å². The molecule has 1 fully saturated rings. The summed E-state index contributed by atoms with van der Waals surface area (Å²) in [7, 11) is 1.60. The van der Waals surface area contributed by atoms with Crippen LogP contribution in [0.2, 0.25) is 0 Å². The van der Waals surface area contributed by atoms with E-state index in [1.165, 1.54) is 0 Å². The zero-order valence-corrected chi connectivity index (χ0v) is 17.5. The fourth-order valence-electron chi connectivity index (χ4n) is 4.05. The molecule has 0 aliphatic carbocycles. The second-order valence-electron chi connectivity index (χ2n) is 7.84. The van der Waals surface area contributed by atoms with Crippen molar-refractivity contribution in [2.24, 2.45) is 5.92 Å². The first-order chi connectivity index (χ1) is 15.0. The van der Waals surface area contributed by atoms with Gasteiger partial charge in [-0.2, -0.15) is 5.10 Å². The van der Waals surface area contributed by atoms with E-state index in [2.05, 4.69) is 10.1 Å². The molecular formula is C23H26N4O4. The van der Waals surface area contributed by atoms with E-state index >= 15 is 0 Å². The van der Waals surface area contributed by atoms with Crippen LogP contribution in [0.5, 0.6) is 5.75 Å². The topological polar surface area (TPSA) is 96.8 Å². The number of nitrogens with zero attached hydrogens (tertiary/aromatic N) is 3. The Labute approximate surface area is 179 Å². The van der Waals surface area contributed by atoms with Crippen LogP contribution in [-0.4, -0.2) is 51.4 Å². The smallest absolute Gasteiger partial charge is 0.275 e. The largest absolute Gasteiger partial charge is 0.497 e. The third-order valence-corrected chi connectivity index (χ3v) is 5.84. The zero-order valence-electron chi connectivity index (χ0n) is 17.5. The predicted octanol–water partition coefficient (Wildman–Crippen LogP) is 2.48. The van der Waals surface area contributed by atoms with Gasteiger partial charge in [-0.05, 0) is 55.7 Å². The van der Waals surface area contributed by atoms with Crippen molar-refractivity contribution in [3.8, 4) is 5.75 Å². The number of carbonyl (C=O) groups excluding carboxylic acids is 2. The van der Waals surface area contributed by atoms with Crippen molar-refractivity contribution in [2.45, 2.75) is 32.1 Å². The number of benzene rings is 1. The first-order valence-corrected chi connectivity index (χ1v) is 10.6. The predicted molar refractivity (Wildman–Crippen MR) is 115 cm³/mol. The number of carbonyl (C=O) groups is 2. The van der Waals surface area contributed by atoms with Gasteiger partial charge >= 0.3 is 0 Å². The number of fused-ring (bicyclic) bond motifs is 1. The van der Waals surface area contributed by atoms with Gasteiger partial charge in [-0.1, -0.05) is 0 Å². The van der Waals surface area contributed by atoms with Crippen molar-refractivity contribution in [2.75, 3.05) is 20.2 Å². The number of nitrogens with one attached hydrogen (secondary N) is 1. The second-order valence-corrected chi connectivity index (χ2v) is 7.84. The molecule has 0 unspecified atom stereocenters. The van der Waals surface area contributed by atoms with E-state index in [0.29, 0.717) is 62.1 Å². The van der Waals surface area contributed by atoms with Crippen LogP contribution in [0.15, 0.2) is 47.4 Å². The van der Waals surface area contributed by atoms with Gasteiger partial charge in [0.1, 0.15) is 17.1 Å². The molecule has 3 heterocycles. The maximum atomic E-state index is 12.7. The van der Waals surface area contributed by atoms with Crippen LogP contribution in [0.4, 0.5) is 0 Å². The van der Waals surface area contributed by atoms with E-state index in [1.54, 1.807) is 54.2 Å². The number of aryl methyl sites for hydroxylation is 1. The Morgan fingerprint density at radius 1 is 1.16 bits per heavy atom. The number of rotatable bonds is 7. The van der Waals surface area contributed by atoms with E-state index in [1.807, 2.05) is 4.90 Å². The molecule has 2 aromatic heterocycles. The number of hydrogen-bond acceptors (Lipinski definition) is 5. The van der Waals surface area contributed by atoms with Crippen molar-refractivity contribution < 1.29 is 14.3 Å². The van der Waals surface area contributed by atoms with E-state index in [-0.39, 0.29) is 23.2 Å². The number of likely N-dealkylation sites (tertiary alicyclic amines) is 1. The van der Waals surface area contributed by atoms with Crippen molar-refractivity contribution in [3.05, 3.63) is 64.3 Å². The molecule has 1 N–H and O–H groups in total. The normalized spacial score (nSPS) is 14.7. The summed E-state index contributed by atoms with van der Waals surface area (Å²) in [6.45, 7) is 1.19. The van der Waals surface area contributed by atoms with Gasteiger partial charge in [0.25, 0.3) is 5.56 Å². The first kappa shape index (κ1) is 20.8. The maximum Gasteiger partial charge on any atom is 0.275 e. The van der Waals surface area contributed by atoms with Crippen LogP contribution in [-0.2, 0) is 11.2 Å². The molecular weight excluding hydrogens is 396 g/mol. The summed E-state index contributed by atoms with van der Waals surface area (Å²) in [6, 6.07) is 10.7. The molecule has 0 bridgehead atoms. The van der Waals surface area contributed by atoms with Crippen LogP contribution in [0.25, 0.3) is 5.52 Å². The third kappa shape index (κ3) is 4.68. The Hall–Kier alpha value is -3.42. The zero-order chi connectivity index (χ0) is 21.8. The SMILES string of the molecule is COc1ccc(C(=O)C2CCN(C(=O)CCCc3nn4cccc4c(=O)[nH]3)CC2)cc1. The summed E-state index contributed by atoms with van der Waals surface area (Å²) in [5, 5.41) is 4.37. The van der Waals surface area contributed by atoms with Gasteiger partial charge in [0, 0.05) is 43.6 Å². The molecule has 8 heteroatoms. The third-order valence-electron chi connectivity index (χ3n) is 5.84. The highest BCUT2D eigenvalue weighted by molar-refractivity contribution is 5.98. The van der Waals surface area contributed by atoms with Crippen molar-refractivity contribution in [1.29, 1.82) is 0 Å². The summed E-state index contributed by atoms with van der Waals surface area (Å²) < 4.78 is 6.69. The average Bonchev–Trinajstić information content (AvgIpc) is 3.28. The highest BCUT2D eigenvalue weighted by Crippen LogP contribution is 2.23. The number of hydrogen-bond donors (Lipinski definition) is 1. The number of Topliss-reactive ketones (excluding diaryl/α,β-unsaturated/α-hetero) is 1.